The van der Waals surface area contributed by atoms with Crippen molar-refractivity contribution in [1.29, 1.82) is 0 Å². The van der Waals surface area contributed by atoms with Crippen LogP contribution in [0.25, 0.3) is 0 Å². The summed E-state index contributed by atoms with van der Waals surface area (Å²) in [7, 11) is -0.877. The molecule has 1 aliphatic carbocycles. The normalized spacial score (nSPS) is 23.0. The van der Waals surface area contributed by atoms with Crippen LogP contribution in [0.5, 0.6) is 0 Å². The van der Waals surface area contributed by atoms with E-state index >= 15 is 0 Å². The van der Waals surface area contributed by atoms with Crippen LogP contribution < -0.4 is 15.9 Å². The third-order valence-corrected chi connectivity index (χ3v) is 10.1. The summed E-state index contributed by atoms with van der Waals surface area (Å²) in [6.45, 7) is 15.2. The van der Waals surface area contributed by atoms with Gasteiger partial charge >= 0.3 is 19.5 Å². The first-order valence-electron chi connectivity index (χ1n) is 11.3. The molecule has 33 heavy (non-hydrogen) atoms. The van der Waals surface area contributed by atoms with Crippen LogP contribution in [0.2, 0.25) is 0 Å². The first-order chi connectivity index (χ1) is 15.0. The Labute approximate surface area is 216 Å². The van der Waals surface area contributed by atoms with Gasteiger partial charge in [0, 0.05) is 0 Å². The average Bonchev–Trinajstić information content (AvgIpc) is 3.01. The van der Waals surface area contributed by atoms with Gasteiger partial charge in [-0.15, -0.1) is 0 Å². The first-order valence-corrected chi connectivity index (χ1v) is 12.8. The van der Waals surface area contributed by atoms with E-state index in [1.165, 1.54) is 15.9 Å². The van der Waals surface area contributed by atoms with Crippen LogP contribution in [0.15, 0.2) is 91.0 Å². The molecule has 0 aliphatic heterocycles. The molecule has 0 aromatic heterocycles. The van der Waals surface area contributed by atoms with Crippen molar-refractivity contribution < 1.29 is 24.3 Å². The predicted molar refractivity (Wildman–Crippen MR) is 147 cm³/mol. The van der Waals surface area contributed by atoms with E-state index in [-0.39, 0.29) is 26.9 Å². The Balaban J connectivity index is 0.000000629. The molecule has 0 N–H and O–H groups in total. The maximum Gasteiger partial charge on any atom is 0.102 e. The van der Waals surface area contributed by atoms with E-state index in [4.69, 9.17) is 4.79 Å². The molecule has 1 fully saturated rings. The summed E-state index contributed by atoms with van der Waals surface area (Å²) in [6.07, 6.45) is 0. The van der Waals surface area contributed by atoms with Gasteiger partial charge in [0.25, 0.3) is 0 Å². The molecule has 3 aromatic carbocycles. The van der Waals surface area contributed by atoms with Gasteiger partial charge in [-0.2, -0.15) is 0 Å². The van der Waals surface area contributed by atoms with Crippen molar-refractivity contribution in [2.45, 2.75) is 34.6 Å². The fraction of sp³-hybridized carbons (Fsp3) is 0.333. The summed E-state index contributed by atoms with van der Waals surface area (Å²) in [5.74, 6) is 4.68. The van der Waals surface area contributed by atoms with Gasteiger partial charge in [-0.1, -0.05) is 89.2 Å². The van der Waals surface area contributed by atoms with Crippen molar-refractivity contribution in [2.75, 3.05) is 0 Å². The molecule has 0 heterocycles. The van der Waals surface area contributed by atoms with Crippen molar-refractivity contribution in [3.05, 3.63) is 98.4 Å². The van der Waals surface area contributed by atoms with E-state index in [9.17, 15) is 0 Å². The molecule has 0 unspecified atom stereocenters. The van der Waals surface area contributed by atoms with E-state index in [0.717, 1.165) is 29.6 Å². The Morgan fingerprint density at radius 3 is 0.848 bits per heavy atom. The molecule has 179 valence electrons. The Morgan fingerprint density at radius 2 is 0.667 bits per heavy atom. The van der Waals surface area contributed by atoms with Gasteiger partial charge in [-0.3, -0.25) is 6.79 Å². The largest absolute Gasteiger partial charge is 0.102 e. The number of carbonyl (C=O) groups excluding carboxylic acids is 1. The fourth-order valence-corrected chi connectivity index (χ4v) is 7.29. The van der Waals surface area contributed by atoms with Crippen molar-refractivity contribution in [2.24, 2.45) is 29.6 Å². The van der Waals surface area contributed by atoms with Crippen molar-refractivity contribution in [1.82, 2.24) is 0 Å². The van der Waals surface area contributed by atoms with Gasteiger partial charge in [-0.05, 0) is 66.0 Å². The number of hydrogen-bond donors (Lipinski definition) is 0. The molecular weight excluding hydrogens is 508 g/mol. The maximum absolute atomic E-state index is 7.75. The molecule has 0 bridgehead atoms. The van der Waals surface area contributed by atoms with Gasteiger partial charge in [0.2, 0.25) is 0 Å². The van der Waals surface area contributed by atoms with E-state index in [0.29, 0.717) is 0 Å². The Hall–Kier alpha value is -1.62. The van der Waals surface area contributed by atoms with Gasteiger partial charge < -0.3 is 12.2 Å². The maximum atomic E-state index is 7.75. The zero-order chi connectivity index (χ0) is 22.8. The standard InChI is InChI=1S/C18H15P.C10H20.CHO.CH3.Ru.H/c1-4-10-16(11-5-1)19(17-12-6-2-7-13-17)18-14-8-3-9-15-18;1-6-7(2)9(4)10(5)8(6)3;1-2;;;/h1-15H;6-10H,1-5H3;1H;1H3;;/q;;2*-1;+2;/p+1. The summed E-state index contributed by atoms with van der Waals surface area (Å²) < 4.78 is 0. The van der Waals surface area contributed by atoms with Crippen LogP contribution in [0.4, 0.5) is 0 Å². The minimum Gasteiger partial charge on any atom is -0.0620 e. The third kappa shape index (κ3) is 8.28. The molecule has 1 nitrogen and oxygen atoms in total. The summed E-state index contributed by atoms with van der Waals surface area (Å²) >= 11 is 0. The van der Waals surface area contributed by atoms with Crippen LogP contribution >= 0.6 is 7.92 Å². The van der Waals surface area contributed by atoms with E-state index in [1.54, 1.807) is 0 Å². The van der Waals surface area contributed by atoms with E-state index < -0.39 is 7.92 Å². The van der Waals surface area contributed by atoms with Crippen LogP contribution in [0.3, 0.4) is 0 Å². The summed E-state index contributed by atoms with van der Waals surface area (Å²) in [5, 5.41) is 4.31. The van der Waals surface area contributed by atoms with Crippen molar-refractivity contribution >= 4 is 30.6 Å². The van der Waals surface area contributed by atoms with Gasteiger partial charge in [0.05, 0.1) is 7.92 Å². The van der Waals surface area contributed by atoms with Crippen LogP contribution in [0, 0.1) is 37.0 Å². The monoisotopic (exact) mass is 550 g/mol. The van der Waals surface area contributed by atoms with Crippen molar-refractivity contribution in [3.63, 3.8) is 0 Å². The smallest absolute Gasteiger partial charge is 0.0620 e. The average molecular weight is 550 g/mol. The SMILES string of the molecule is CC1C(C)C(C)C(C)C1C.[CH-]=O.[CH3-].[RuH+2].c1ccc([PH+](c2ccccc2)c2ccccc2)cc1. The quantitative estimate of drug-likeness (QED) is 0.163. The molecule has 1 aliphatic rings. The molecule has 0 saturated heterocycles. The zero-order valence-corrected chi connectivity index (χ0v) is 23.8. The second-order valence-corrected chi connectivity index (χ2v) is 11.3. The fourth-order valence-electron chi connectivity index (χ4n) is 4.71. The predicted octanol–water partition coefficient (Wildman–Crippen LogP) is 6.26. The Morgan fingerprint density at radius 1 is 0.485 bits per heavy atom. The Kier molecular flexibility index (Phi) is 15.3. The first kappa shape index (κ1) is 31.4. The van der Waals surface area contributed by atoms with E-state index in [2.05, 4.69) is 132 Å². The topological polar surface area (TPSA) is 17.1 Å². The summed E-state index contributed by atoms with van der Waals surface area (Å²) in [5.41, 5.74) is 0. The second kappa shape index (κ2) is 16.1. The minimum absolute atomic E-state index is 0. The van der Waals surface area contributed by atoms with E-state index in [1.807, 2.05) is 0 Å². The molecule has 0 atom stereocenters. The summed E-state index contributed by atoms with van der Waals surface area (Å²) in [6, 6.07) is 32.5. The summed E-state index contributed by atoms with van der Waals surface area (Å²) in [4.78, 5) is 7.75. The molecular formula is C30H41OPRu+. The molecule has 3 aromatic rings. The second-order valence-electron chi connectivity index (χ2n) is 8.77. The molecule has 0 amide bonds. The van der Waals surface area contributed by atoms with Crippen LogP contribution in [-0.4, -0.2) is 6.79 Å². The molecule has 0 radical (unpaired) electrons. The van der Waals surface area contributed by atoms with Gasteiger partial charge in [0.1, 0.15) is 15.9 Å². The molecule has 0 spiro atoms. The molecule has 1 saturated carbocycles. The molecule has 3 heteroatoms. The van der Waals surface area contributed by atoms with Crippen LogP contribution in [-0.2, 0) is 24.3 Å². The minimum atomic E-state index is -0.877. The number of benzene rings is 3. The third-order valence-electron chi connectivity index (χ3n) is 7.33. The van der Waals surface area contributed by atoms with Gasteiger partial charge in [0.15, 0.2) is 0 Å². The van der Waals surface area contributed by atoms with Gasteiger partial charge in [-0.25, -0.2) is 0 Å². The zero-order valence-electron chi connectivity index (χ0n) is 20.9. The van der Waals surface area contributed by atoms with Crippen molar-refractivity contribution in [3.8, 4) is 0 Å². The Bertz CT molecular complexity index is 733. The molecule has 4 rings (SSSR count). The van der Waals surface area contributed by atoms with Crippen LogP contribution in [0.1, 0.15) is 34.6 Å². The number of rotatable bonds is 3. The number of hydrogen-bond acceptors (Lipinski definition) is 1.